The molecule has 29 heavy (non-hydrogen) atoms. The molecule has 0 saturated heterocycles. The monoisotopic (exact) mass is 431 g/mol. The quantitative estimate of drug-likeness (QED) is 0.420. The van der Waals surface area contributed by atoms with Crippen molar-refractivity contribution in [2.45, 2.75) is 32.7 Å². The van der Waals surface area contributed by atoms with Gasteiger partial charge >= 0.3 is 0 Å². The van der Waals surface area contributed by atoms with Gasteiger partial charge in [-0.05, 0) is 53.3 Å². The van der Waals surface area contributed by atoms with Crippen LogP contribution in [0.4, 0.5) is 0 Å². The first kappa shape index (κ1) is 20.0. The predicted molar refractivity (Wildman–Crippen MR) is 119 cm³/mol. The molecule has 0 spiro atoms. The Balaban J connectivity index is 1.71. The summed E-state index contributed by atoms with van der Waals surface area (Å²) in [6.07, 6.45) is 2.13. The summed E-state index contributed by atoms with van der Waals surface area (Å²) in [4.78, 5) is 13.6. The maximum absolute atomic E-state index is 6.75. The number of oxime groups is 1. The second-order valence-electron chi connectivity index (χ2n) is 6.82. The molecule has 0 radical (unpaired) electrons. The average molecular weight is 432 g/mol. The summed E-state index contributed by atoms with van der Waals surface area (Å²) in [6.45, 7) is 3.09. The lowest BCUT2D eigenvalue weighted by molar-refractivity contribution is 0.103. The van der Waals surface area contributed by atoms with E-state index in [1.807, 2.05) is 23.4 Å². The van der Waals surface area contributed by atoms with Gasteiger partial charge in [0.05, 0.1) is 18.9 Å². The van der Waals surface area contributed by atoms with Gasteiger partial charge in [-0.25, -0.2) is 9.98 Å². The van der Waals surface area contributed by atoms with Gasteiger partial charge in [-0.2, -0.15) is 0 Å². The van der Waals surface area contributed by atoms with Gasteiger partial charge in [0.1, 0.15) is 13.4 Å². The molecule has 0 fully saturated rings. The molecule has 2 aliphatic rings. The lowest BCUT2D eigenvalue weighted by Crippen LogP contribution is -2.29. The lowest BCUT2D eigenvalue weighted by Gasteiger charge is -2.31. The molecule has 7 nitrogen and oxygen atoms in total. The molecule has 2 aliphatic heterocycles. The Hall–Kier alpha value is -2.29. The van der Waals surface area contributed by atoms with Crippen LogP contribution in [0.2, 0.25) is 5.02 Å². The fraction of sp³-hybridized carbons (Fsp3) is 0.350. The van der Waals surface area contributed by atoms with Crippen LogP contribution in [-0.2, 0) is 22.8 Å². The van der Waals surface area contributed by atoms with Crippen molar-refractivity contribution >= 4 is 52.3 Å². The van der Waals surface area contributed by atoms with E-state index < -0.39 is 0 Å². The SMILES string of the molecule is CON=C(C)CCSN1C=NC(N)=NC1c1c(Cl)cc2c3c(cccc13)COC2. The van der Waals surface area contributed by atoms with Gasteiger partial charge in [0.15, 0.2) is 6.17 Å². The maximum atomic E-state index is 6.75. The zero-order valence-corrected chi connectivity index (χ0v) is 17.8. The number of benzene rings is 2. The highest BCUT2D eigenvalue weighted by molar-refractivity contribution is 7.97. The predicted octanol–water partition coefficient (Wildman–Crippen LogP) is 4.24. The van der Waals surface area contributed by atoms with Crippen LogP contribution >= 0.6 is 23.5 Å². The molecule has 2 aromatic carbocycles. The third kappa shape index (κ3) is 4.05. The summed E-state index contributed by atoms with van der Waals surface area (Å²) >= 11 is 8.36. The van der Waals surface area contributed by atoms with Crippen LogP contribution in [-0.4, -0.2) is 35.2 Å². The van der Waals surface area contributed by atoms with E-state index in [4.69, 9.17) is 26.9 Å². The number of guanidine groups is 1. The minimum atomic E-state index is -0.364. The maximum Gasteiger partial charge on any atom is 0.219 e. The molecule has 0 saturated carbocycles. The van der Waals surface area contributed by atoms with Gasteiger partial charge in [0.2, 0.25) is 5.96 Å². The second-order valence-corrected chi connectivity index (χ2v) is 8.32. The molecule has 0 amide bonds. The normalized spacial score (nSPS) is 18.9. The Kier molecular flexibility index (Phi) is 5.94. The number of halogens is 1. The Morgan fingerprint density at radius 2 is 2.24 bits per heavy atom. The van der Waals surface area contributed by atoms with E-state index in [-0.39, 0.29) is 12.1 Å². The molecule has 2 N–H and O–H groups in total. The standard InChI is InChI=1S/C20H22ClN5O2S/c1-12(25-27-2)6-7-29-26-11-23-20(22)24-19(26)18-15-5-3-4-13-9-28-10-14(17(13)15)8-16(18)21/h3-5,8,11,19H,6-7,9-10H2,1-2H3,(H2,22,24). The van der Waals surface area contributed by atoms with Gasteiger partial charge in [-0.15, -0.1) is 0 Å². The van der Waals surface area contributed by atoms with Gasteiger partial charge < -0.3 is 15.3 Å². The van der Waals surface area contributed by atoms with Crippen LogP contribution in [0.3, 0.4) is 0 Å². The number of nitrogens with zero attached hydrogens (tertiary/aromatic N) is 4. The number of hydrogen-bond donors (Lipinski definition) is 1. The van der Waals surface area contributed by atoms with E-state index in [1.54, 1.807) is 25.4 Å². The summed E-state index contributed by atoms with van der Waals surface area (Å²) in [6, 6.07) is 8.19. The highest BCUT2D eigenvalue weighted by atomic mass is 35.5. The van der Waals surface area contributed by atoms with Crippen molar-refractivity contribution < 1.29 is 9.57 Å². The van der Waals surface area contributed by atoms with Gasteiger partial charge in [-0.1, -0.05) is 35.0 Å². The second kappa shape index (κ2) is 8.61. The topological polar surface area (TPSA) is 84.8 Å². The van der Waals surface area contributed by atoms with Crippen molar-refractivity contribution in [1.82, 2.24) is 4.31 Å². The van der Waals surface area contributed by atoms with E-state index >= 15 is 0 Å². The molecule has 2 heterocycles. The Bertz CT molecular complexity index is 1020. The van der Waals surface area contributed by atoms with Crippen LogP contribution in [0.25, 0.3) is 10.8 Å². The smallest absolute Gasteiger partial charge is 0.219 e. The van der Waals surface area contributed by atoms with Crippen LogP contribution in [0.15, 0.2) is 39.4 Å². The van der Waals surface area contributed by atoms with Crippen LogP contribution < -0.4 is 5.73 Å². The number of aliphatic imine (C=N–C) groups is 2. The number of rotatable bonds is 6. The molecular weight excluding hydrogens is 410 g/mol. The first-order valence-corrected chi connectivity index (χ1v) is 10.6. The number of hydrogen-bond acceptors (Lipinski definition) is 8. The summed E-state index contributed by atoms with van der Waals surface area (Å²) in [5.74, 6) is 1.03. The van der Waals surface area contributed by atoms with Crippen molar-refractivity contribution in [1.29, 1.82) is 0 Å². The first-order valence-electron chi connectivity index (χ1n) is 9.24. The van der Waals surface area contributed by atoms with E-state index in [0.717, 1.165) is 40.0 Å². The minimum absolute atomic E-state index is 0.240. The number of nitrogens with two attached hydrogens (primary N) is 1. The van der Waals surface area contributed by atoms with E-state index in [1.165, 1.54) is 5.39 Å². The van der Waals surface area contributed by atoms with Gasteiger partial charge in [-0.3, -0.25) is 4.31 Å². The van der Waals surface area contributed by atoms with Crippen molar-refractivity contribution in [2.24, 2.45) is 20.9 Å². The number of ether oxygens (including phenoxy) is 1. The molecule has 9 heteroatoms. The van der Waals surface area contributed by atoms with Crippen LogP contribution in [0.1, 0.15) is 36.2 Å². The van der Waals surface area contributed by atoms with Crippen molar-refractivity contribution in [3.8, 4) is 0 Å². The summed E-state index contributed by atoms with van der Waals surface area (Å²) in [5, 5.41) is 6.88. The van der Waals surface area contributed by atoms with E-state index in [2.05, 4.69) is 27.3 Å². The molecule has 0 bridgehead atoms. The highest BCUT2D eigenvalue weighted by Gasteiger charge is 2.28. The van der Waals surface area contributed by atoms with Crippen molar-refractivity contribution in [3.63, 3.8) is 0 Å². The summed E-state index contributed by atoms with van der Waals surface area (Å²) in [5.41, 5.74) is 10.1. The first-order chi connectivity index (χ1) is 14.1. The van der Waals surface area contributed by atoms with Gasteiger partial charge in [0, 0.05) is 16.3 Å². The minimum Gasteiger partial charge on any atom is -0.399 e. The fourth-order valence-corrected chi connectivity index (χ4v) is 4.93. The highest BCUT2D eigenvalue weighted by Crippen LogP contribution is 2.42. The van der Waals surface area contributed by atoms with Crippen LogP contribution in [0.5, 0.6) is 0 Å². The van der Waals surface area contributed by atoms with Crippen molar-refractivity contribution in [3.05, 3.63) is 46.0 Å². The molecule has 0 aromatic heterocycles. The average Bonchev–Trinajstić information content (AvgIpc) is 2.70. The summed E-state index contributed by atoms with van der Waals surface area (Å²) in [7, 11) is 1.55. The molecule has 152 valence electrons. The van der Waals surface area contributed by atoms with Crippen molar-refractivity contribution in [2.75, 3.05) is 12.9 Å². The molecule has 1 atom stereocenters. The Morgan fingerprint density at radius 1 is 1.41 bits per heavy atom. The largest absolute Gasteiger partial charge is 0.399 e. The lowest BCUT2D eigenvalue weighted by atomic mass is 9.93. The van der Waals surface area contributed by atoms with Crippen LogP contribution in [0, 0.1) is 0 Å². The Morgan fingerprint density at radius 3 is 3.07 bits per heavy atom. The zero-order chi connectivity index (χ0) is 20.4. The molecule has 4 rings (SSSR count). The molecule has 2 aromatic rings. The van der Waals surface area contributed by atoms with E-state index in [9.17, 15) is 0 Å². The fourth-order valence-electron chi connectivity index (χ4n) is 3.59. The third-order valence-corrected chi connectivity index (χ3v) is 6.14. The molecule has 0 aliphatic carbocycles. The summed E-state index contributed by atoms with van der Waals surface area (Å²) < 4.78 is 7.69. The third-order valence-electron chi connectivity index (χ3n) is 4.84. The van der Waals surface area contributed by atoms with E-state index in [0.29, 0.717) is 18.2 Å². The Labute approximate surface area is 178 Å². The molecular formula is C20H22ClN5O2S. The molecule has 1 unspecified atom stereocenters. The zero-order valence-electron chi connectivity index (χ0n) is 16.3. The van der Waals surface area contributed by atoms with Gasteiger partial charge in [0.25, 0.3) is 0 Å².